The number of hydrogen-bond donors (Lipinski definition) is 2. The minimum atomic E-state index is -0.760. The van der Waals surface area contributed by atoms with E-state index in [1.807, 2.05) is 19.1 Å². The van der Waals surface area contributed by atoms with E-state index < -0.39 is 24.1 Å². The summed E-state index contributed by atoms with van der Waals surface area (Å²) < 4.78 is 5.26. The van der Waals surface area contributed by atoms with Gasteiger partial charge in [0.1, 0.15) is 6.10 Å². The van der Waals surface area contributed by atoms with Crippen molar-refractivity contribution < 1.29 is 19.7 Å². The van der Waals surface area contributed by atoms with Crippen molar-refractivity contribution in [2.24, 2.45) is 5.92 Å². The summed E-state index contributed by atoms with van der Waals surface area (Å²) in [7, 11) is 0. The molecule has 1 fully saturated rings. The fourth-order valence-corrected chi connectivity index (χ4v) is 2.67. The van der Waals surface area contributed by atoms with E-state index >= 15 is 0 Å². The lowest BCUT2D eigenvalue weighted by molar-refractivity contribution is -0.137. The third kappa shape index (κ3) is 2.96. The molecule has 0 aromatic rings. The Morgan fingerprint density at radius 1 is 1.53 bits per heavy atom. The van der Waals surface area contributed by atoms with Crippen LogP contribution in [-0.4, -0.2) is 35.0 Å². The van der Waals surface area contributed by atoms with E-state index in [-0.39, 0.29) is 6.61 Å². The molecular formula is C15H20O4. The summed E-state index contributed by atoms with van der Waals surface area (Å²) in [5.74, 6) is -0.859. The molecule has 19 heavy (non-hydrogen) atoms. The van der Waals surface area contributed by atoms with Crippen LogP contribution in [0.5, 0.6) is 0 Å². The summed E-state index contributed by atoms with van der Waals surface area (Å²) in [4.78, 5) is 11.6. The van der Waals surface area contributed by atoms with E-state index in [1.165, 1.54) is 0 Å². The van der Waals surface area contributed by atoms with Crippen molar-refractivity contribution in [3.63, 3.8) is 0 Å². The van der Waals surface area contributed by atoms with Gasteiger partial charge in [0.2, 0.25) is 0 Å². The number of allylic oxidation sites excluding steroid dienone is 2. The van der Waals surface area contributed by atoms with Crippen LogP contribution in [0.15, 0.2) is 35.5 Å². The fraction of sp³-hybridized carbons (Fsp3) is 0.533. The van der Waals surface area contributed by atoms with Crippen molar-refractivity contribution in [3.05, 3.63) is 35.5 Å². The largest absolute Gasteiger partial charge is 0.454 e. The van der Waals surface area contributed by atoms with Gasteiger partial charge in [0.15, 0.2) is 0 Å². The molecule has 1 aliphatic carbocycles. The Kier molecular flexibility index (Phi) is 4.22. The zero-order valence-corrected chi connectivity index (χ0v) is 11.1. The second-order valence-electron chi connectivity index (χ2n) is 5.26. The Labute approximate surface area is 113 Å². The van der Waals surface area contributed by atoms with Gasteiger partial charge in [-0.15, -0.1) is 0 Å². The van der Waals surface area contributed by atoms with Gasteiger partial charge in [-0.25, -0.2) is 4.79 Å². The Hall–Kier alpha value is -1.39. The summed E-state index contributed by atoms with van der Waals surface area (Å²) >= 11 is 0. The van der Waals surface area contributed by atoms with Crippen molar-refractivity contribution in [1.29, 1.82) is 0 Å². The number of carbonyl (C=O) groups is 1. The van der Waals surface area contributed by atoms with E-state index in [0.717, 1.165) is 24.0 Å². The Morgan fingerprint density at radius 2 is 2.26 bits per heavy atom. The van der Waals surface area contributed by atoms with Crippen LogP contribution >= 0.6 is 0 Å². The highest BCUT2D eigenvalue weighted by molar-refractivity contribution is 5.91. The first kappa shape index (κ1) is 14.0. The van der Waals surface area contributed by atoms with E-state index in [9.17, 15) is 15.0 Å². The van der Waals surface area contributed by atoms with Crippen molar-refractivity contribution in [2.75, 3.05) is 6.61 Å². The van der Waals surface area contributed by atoms with E-state index in [2.05, 4.69) is 6.58 Å². The lowest BCUT2D eigenvalue weighted by Crippen LogP contribution is -2.29. The SMILES string of the molecule is C=C1C(=O)O[C@@H]2C=C(C)CCC=C(CO)C[C@H](O)[C@@H]12. The minimum absolute atomic E-state index is 0.0709. The summed E-state index contributed by atoms with van der Waals surface area (Å²) in [6.07, 6.45) is 4.69. The van der Waals surface area contributed by atoms with Gasteiger partial charge in [0, 0.05) is 5.57 Å². The van der Waals surface area contributed by atoms with Gasteiger partial charge < -0.3 is 14.9 Å². The Balaban J connectivity index is 2.32. The van der Waals surface area contributed by atoms with Crippen molar-refractivity contribution >= 4 is 5.97 Å². The average Bonchev–Trinajstić information content (AvgIpc) is 2.63. The number of esters is 1. The maximum absolute atomic E-state index is 11.6. The topological polar surface area (TPSA) is 66.8 Å². The second-order valence-corrected chi connectivity index (χ2v) is 5.26. The molecule has 2 aliphatic rings. The highest BCUT2D eigenvalue weighted by atomic mass is 16.6. The van der Waals surface area contributed by atoms with Gasteiger partial charge in [0.05, 0.1) is 18.6 Å². The molecule has 4 nitrogen and oxygen atoms in total. The summed E-state index contributed by atoms with van der Waals surface area (Å²) in [6.45, 7) is 5.63. The number of fused-ring (bicyclic) bond motifs is 1. The Bertz CT molecular complexity index is 447. The van der Waals surface area contributed by atoms with Crippen LogP contribution < -0.4 is 0 Å². The number of hydrogen-bond acceptors (Lipinski definition) is 4. The lowest BCUT2D eigenvalue weighted by atomic mass is 9.85. The van der Waals surface area contributed by atoms with Gasteiger partial charge >= 0.3 is 5.97 Å². The van der Waals surface area contributed by atoms with Crippen molar-refractivity contribution in [2.45, 2.75) is 38.4 Å². The molecule has 0 bridgehead atoms. The van der Waals surface area contributed by atoms with Gasteiger partial charge in [-0.1, -0.05) is 18.2 Å². The van der Waals surface area contributed by atoms with Crippen LogP contribution in [0.2, 0.25) is 0 Å². The molecule has 1 saturated heterocycles. The molecule has 0 unspecified atom stereocenters. The van der Waals surface area contributed by atoms with Crippen LogP contribution in [0.4, 0.5) is 0 Å². The number of carbonyl (C=O) groups excluding carboxylic acids is 1. The highest BCUT2D eigenvalue weighted by Crippen LogP contribution is 2.34. The first-order valence-corrected chi connectivity index (χ1v) is 6.57. The number of rotatable bonds is 1. The van der Waals surface area contributed by atoms with E-state index in [1.54, 1.807) is 0 Å². The molecule has 0 aromatic heterocycles. The summed E-state index contributed by atoms with van der Waals surface area (Å²) in [5.41, 5.74) is 2.23. The molecule has 0 aromatic carbocycles. The number of ether oxygens (including phenoxy) is 1. The molecule has 1 aliphatic heterocycles. The third-order valence-corrected chi connectivity index (χ3v) is 3.77. The van der Waals surface area contributed by atoms with Crippen LogP contribution in [0.25, 0.3) is 0 Å². The van der Waals surface area contributed by atoms with Crippen molar-refractivity contribution in [1.82, 2.24) is 0 Å². The molecule has 2 N–H and O–H groups in total. The standard InChI is InChI=1S/C15H20O4/c1-9-4-3-5-11(8-16)7-12(17)14-10(2)15(18)19-13(14)6-9/h5-6,12-14,16-17H,2-4,7-8H2,1H3/t12-,13+,14+/m0/s1. The third-order valence-electron chi connectivity index (χ3n) is 3.77. The smallest absolute Gasteiger partial charge is 0.334 e. The quantitative estimate of drug-likeness (QED) is 0.428. The van der Waals surface area contributed by atoms with Gasteiger partial charge in [-0.2, -0.15) is 0 Å². The zero-order chi connectivity index (χ0) is 14.0. The number of aliphatic hydroxyl groups excluding tert-OH is 2. The maximum Gasteiger partial charge on any atom is 0.334 e. The predicted molar refractivity (Wildman–Crippen MR) is 71.3 cm³/mol. The van der Waals surface area contributed by atoms with E-state index in [4.69, 9.17) is 4.74 Å². The molecule has 4 heteroatoms. The minimum Gasteiger partial charge on any atom is -0.454 e. The first-order chi connectivity index (χ1) is 9.02. The second kappa shape index (κ2) is 5.72. The Morgan fingerprint density at radius 3 is 2.95 bits per heavy atom. The van der Waals surface area contributed by atoms with Gasteiger partial charge in [-0.3, -0.25) is 0 Å². The predicted octanol–water partition coefficient (Wildman–Crippen LogP) is 1.49. The van der Waals surface area contributed by atoms with Crippen molar-refractivity contribution in [3.8, 4) is 0 Å². The molecule has 0 radical (unpaired) electrons. The number of aliphatic hydroxyl groups is 2. The van der Waals surface area contributed by atoms with Gasteiger partial charge in [0.25, 0.3) is 0 Å². The van der Waals surface area contributed by atoms with Crippen LogP contribution in [0.3, 0.4) is 0 Å². The summed E-state index contributed by atoms with van der Waals surface area (Å²) in [5, 5.41) is 19.6. The molecule has 0 amide bonds. The molecule has 1 heterocycles. The molecule has 3 atom stereocenters. The van der Waals surface area contributed by atoms with Crippen LogP contribution in [-0.2, 0) is 9.53 Å². The monoisotopic (exact) mass is 264 g/mol. The molecule has 0 saturated carbocycles. The fourth-order valence-electron chi connectivity index (χ4n) is 2.67. The summed E-state index contributed by atoms with van der Waals surface area (Å²) in [6, 6.07) is 0. The first-order valence-electron chi connectivity index (χ1n) is 6.57. The normalized spacial score (nSPS) is 32.3. The molecular weight excluding hydrogens is 244 g/mol. The average molecular weight is 264 g/mol. The van der Waals surface area contributed by atoms with E-state index in [0.29, 0.717) is 12.0 Å². The molecule has 104 valence electrons. The zero-order valence-electron chi connectivity index (χ0n) is 11.1. The van der Waals surface area contributed by atoms with Crippen LogP contribution in [0.1, 0.15) is 26.2 Å². The molecule has 2 rings (SSSR count). The van der Waals surface area contributed by atoms with Crippen LogP contribution in [0, 0.1) is 5.92 Å². The van der Waals surface area contributed by atoms with Gasteiger partial charge in [-0.05, 0) is 37.8 Å². The molecule has 0 spiro atoms. The lowest BCUT2D eigenvalue weighted by Gasteiger charge is -2.23. The maximum atomic E-state index is 11.6. The highest BCUT2D eigenvalue weighted by Gasteiger charge is 2.42.